The number of Topliss-reactive ketones (excluding diaryl/α,β-unsaturated/α-hetero) is 1. The van der Waals surface area contributed by atoms with Crippen molar-refractivity contribution in [1.29, 1.82) is 0 Å². The molecule has 2 unspecified atom stereocenters. The highest BCUT2D eigenvalue weighted by Crippen LogP contribution is 2.37. The second kappa shape index (κ2) is 14.7. The van der Waals surface area contributed by atoms with Crippen LogP contribution in [0.2, 0.25) is 0 Å². The van der Waals surface area contributed by atoms with Gasteiger partial charge in [-0.15, -0.1) is 0 Å². The minimum atomic E-state index is -0.514. The number of terminal acetylenes is 1. The lowest BCUT2D eigenvalue weighted by molar-refractivity contribution is -0.152. The van der Waals surface area contributed by atoms with Crippen LogP contribution in [0, 0.1) is 36.2 Å². The fraction of sp³-hybridized carbons (Fsp3) is 0.741. The number of nitrogens with zero attached hydrogens (tertiary/aromatic N) is 1. The van der Waals surface area contributed by atoms with Crippen molar-refractivity contribution in [3.8, 4) is 12.5 Å². The summed E-state index contributed by atoms with van der Waals surface area (Å²) in [6.07, 6.45) is 9.70. The molecule has 1 aliphatic carbocycles. The van der Waals surface area contributed by atoms with Crippen molar-refractivity contribution in [3.63, 3.8) is 0 Å². The maximum absolute atomic E-state index is 13.0. The Morgan fingerprint density at radius 2 is 1.72 bits per heavy atom. The molecule has 0 radical (unpaired) electrons. The number of hydrogen-bond donors (Lipinski definition) is 0. The summed E-state index contributed by atoms with van der Waals surface area (Å²) in [4.78, 5) is 62.8. The molecule has 2 aliphatic rings. The van der Waals surface area contributed by atoms with Crippen LogP contribution in [-0.2, 0) is 38.2 Å². The summed E-state index contributed by atoms with van der Waals surface area (Å²) < 4.78 is 15.5. The molecule has 2 rings (SSSR count). The summed E-state index contributed by atoms with van der Waals surface area (Å²) >= 11 is 0. The first-order valence-corrected chi connectivity index (χ1v) is 13.0. The first-order chi connectivity index (χ1) is 17.2. The Kier molecular flexibility index (Phi) is 12.1. The van der Waals surface area contributed by atoms with Gasteiger partial charge in [0.05, 0.1) is 12.7 Å². The van der Waals surface area contributed by atoms with Gasteiger partial charge in [0.1, 0.15) is 11.9 Å². The molecule has 2 amide bonds. The van der Waals surface area contributed by atoms with E-state index in [1.54, 1.807) is 6.92 Å². The predicted octanol–water partition coefficient (Wildman–Crippen LogP) is 3.04. The van der Waals surface area contributed by atoms with E-state index in [0.717, 1.165) is 6.42 Å². The summed E-state index contributed by atoms with van der Waals surface area (Å²) in [5.41, 5.74) is 0. The number of ether oxygens (including phenoxy) is 3. The zero-order valence-electron chi connectivity index (χ0n) is 21.7. The van der Waals surface area contributed by atoms with E-state index in [2.05, 4.69) is 11.7 Å². The molecule has 0 bridgehead atoms. The molecule has 1 heterocycles. The quantitative estimate of drug-likeness (QED) is 0.162. The molecule has 36 heavy (non-hydrogen) atoms. The standard InChI is InChI=1S/C27H39NO8/c1-5-34-25(31)9-7-11-28-23(29)16-20(17-24(28)30)15-22(36-12-8-10-26(32)35-6-2)21-14-18(3)13-19(4)27(21)33/h2,18-22H,5,7-17H2,1,3-4H3/t18-,19?,21?,22+/m0/s1. The summed E-state index contributed by atoms with van der Waals surface area (Å²) in [5.74, 6) is -1.50. The fourth-order valence-corrected chi connectivity index (χ4v) is 5.27. The Balaban J connectivity index is 1.98. The molecule has 1 aliphatic heterocycles. The Morgan fingerprint density at radius 3 is 2.36 bits per heavy atom. The van der Waals surface area contributed by atoms with E-state index >= 15 is 0 Å². The van der Waals surface area contributed by atoms with Gasteiger partial charge >= 0.3 is 11.9 Å². The topological polar surface area (TPSA) is 116 Å². The first kappa shape index (κ1) is 29.5. The average Bonchev–Trinajstić information content (AvgIpc) is 2.80. The minimum absolute atomic E-state index is 0.0695. The number of carbonyl (C=O) groups excluding carboxylic acids is 5. The van der Waals surface area contributed by atoms with Gasteiger partial charge in [-0.25, -0.2) is 0 Å². The second-order valence-corrected chi connectivity index (χ2v) is 9.95. The average molecular weight is 506 g/mol. The minimum Gasteiger partial charge on any atom is -0.466 e. The molecular formula is C27H39NO8. The highest BCUT2D eigenvalue weighted by atomic mass is 16.5. The number of imide groups is 1. The van der Waals surface area contributed by atoms with Crippen molar-refractivity contribution in [3.05, 3.63) is 0 Å². The van der Waals surface area contributed by atoms with Gasteiger partial charge in [-0.1, -0.05) is 20.3 Å². The highest BCUT2D eigenvalue weighted by Gasteiger charge is 2.40. The van der Waals surface area contributed by atoms with Gasteiger partial charge in [-0.05, 0) is 50.9 Å². The lowest BCUT2D eigenvalue weighted by Crippen LogP contribution is -2.46. The van der Waals surface area contributed by atoms with E-state index in [9.17, 15) is 24.0 Å². The predicted molar refractivity (Wildman–Crippen MR) is 130 cm³/mol. The monoisotopic (exact) mass is 505 g/mol. The van der Waals surface area contributed by atoms with Crippen LogP contribution in [-0.4, -0.2) is 60.3 Å². The Labute approximate surface area is 213 Å². The zero-order chi connectivity index (χ0) is 26.7. The normalized spacial score (nSPS) is 23.8. The molecule has 200 valence electrons. The van der Waals surface area contributed by atoms with E-state index in [-0.39, 0.29) is 80.2 Å². The lowest BCUT2D eigenvalue weighted by Gasteiger charge is -2.38. The second-order valence-electron chi connectivity index (χ2n) is 9.95. The van der Waals surface area contributed by atoms with Gasteiger partial charge in [-0.2, -0.15) is 0 Å². The molecule has 9 nitrogen and oxygen atoms in total. The summed E-state index contributed by atoms with van der Waals surface area (Å²) in [7, 11) is 0. The van der Waals surface area contributed by atoms with Crippen molar-refractivity contribution in [2.24, 2.45) is 23.7 Å². The van der Waals surface area contributed by atoms with Crippen LogP contribution in [0.5, 0.6) is 0 Å². The molecule has 0 aromatic carbocycles. The van der Waals surface area contributed by atoms with Crippen LogP contribution in [0.25, 0.3) is 0 Å². The van der Waals surface area contributed by atoms with Crippen LogP contribution in [0.1, 0.15) is 78.6 Å². The number of amides is 2. The van der Waals surface area contributed by atoms with Crippen molar-refractivity contribution in [2.75, 3.05) is 19.8 Å². The molecule has 2 fully saturated rings. The van der Waals surface area contributed by atoms with Crippen LogP contribution < -0.4 is 0 Å². The van der Waals surface area contributed by atoms with Gasteiger partial charge in [0.15, 0.2) is 0 Å². The Hall–Kier alpha value is -2.73. The summed E-state index contributed by atoms with van der Waals surface area (Å²) in [5, 5.41) is 0. The van der Waals surface area contributed by atoms with Gasteiger partial charge in [0, 0.05) is 50.7 Å². The molecule has 1 saturated carbocycles. The van der Waals surface area contributed by atoms with Crippen LogP contribution >= 0.6 is 0 Å². The maximum atomic E-state index is 13.0. The third-order valence-electron chi connectivity index (χ3n) is 6.90. The van der Waals surface area contributed by atoms with Gasteiger partial charge in [0.2, 0.25) is 11.8 Å². The van der Waals surface area contributed by atoms with E-state index in [1.807, 2.05) is 13.0 Å². The number of piperidine rings is 1. The smallest absolute Gasteiger partial charge is 0.319 e. The fourth-order valence-electron chi connectivity index (χ4n) is 5.27. The maximum Gasteiger partial charge on any atom is 0.319 e. The van der Waals surface area contributed by atoms with Crippen LogP contribution in [0.3, 0.4) is 0 Å². The molecule has 9 heteroatoms. The lowest BCUT2D eigenvalue weighted by atomic mass is 9.71. The Morgan fingerprint density at radius 1 is 1.06 bits per heavy atom. The number of likely N-dealkylation sites (tertiary alicyclic amines) is 1. The van der Waals surface area contributed by atoms with E-state index in [4.69, 9.17) is 15.9 Å². The summed E-state index contributed by atoms with van der Waals surface area (Å²) in [6.45, 7) is 6.49. The van der Waals surface area contributed by atoms with Crippen LogP contribution in [0.4, 0.5) is 0 Å². The van der Waals surface area contributed by atoms with Gasteiger partial charge < -0.3 is 14.2 Å². The summed E-state index contributed by atoms with van der Waals surface area (Å²) in [6, 6.07) is 0. The number of hydrogen-bond acceptors (Lipinski definition) is 8. The van der Waals surface area contributed by atoms with E-state index < -0.39 is 12.1 Å². The Bertz CT molecular complexity index is 829. The molecule has 0 spiro atoms. The third-order valence-corrected chi connectivity index (χ3v) is 6.90. The third kappa shape index (κ3) is 9.05. The highest BCUT2D eigenvalue weighted by molar-refractivity contribution is 5.98. The molecular weight excluding hydrogens is 466 g/mol. The van der Waals surface area contributed by atoms with Gasteiger partial charge in [0.25, 0.3) is 0 Å². The number of esters is 2. The number of rotatable bonds is 13. The number of carbonyl (C=O) groups is 5. The SMILES string of the molecule is C#COC(=O)CCCO[C@H](CC1CC(=O)N(CCCC(=O)OCC)C(=O)C1)C1C[C@@H](C)CC(C)C1=O. The van der Waals surface area contributed by atoms with Crippen molar-refractivity contribution < 1.29 is 38.2 Å². The van der Waals surface area contributed by atoms with Crippen molar-refractivity contribution in [1.82, 2.24) is 4.90 Å². The van der Waals surface area contributed by atoms with E-state index in [1.165, 1.54) is 4.90 Å². The molecule has 0 N–H and O–H groups in total. The van der Waals surface area contributed by atoms with Crippen LogP contribution in [0.15, 0.2) is 0 Å². The molecule has 0 aromatic heterocycles. The van der Waals surface area contributed by atoms with Gasteiger partial charge in [-0.3, -0.25) is 28.9 Å². The van der Waals surface area contributed by atoms with Crippen molar-refractivity contribution >= 4 is 29.5 Å². The first-order valence-electron chi connectivity index (χ1n) is 13.0. The molecule has 0 aromatic rings. The molecule has 4 atom stereocenters. The zero-order valence-corrected chi connectivity index (χ0v) is 21.7. The number of ketones is 1. The largest absolute Gasteiger partial charge is 0.466 e. The molecule has 1 saturated heterocycles. The van der Waals surface area contributed by atoms with Crippen molar-refractivity contribution in [2.45, 2.75) is 84.7 Å². The van der Waals surface area contributed by atoms with E-state index in [0.29, 0.717) is 38.2 Å².